The van der Waals surface area contributed by atoms with Crippen molar-refractivity contribution in [2.75, 3.05) is 0 Å². The lowest BCUT2D eigenvalue weighted by atomic mass is 9.68. The average Bonchev–Trinajstić information content (AvgIpc) is 2.52. The summed E-state index contributed by atoms with van der Waals surface area (Å²) in [7, 11) is 0. The summed E-state index contributed by atoms with van der Waals surface area (Å²) in [5, 5.41) is 9.09. The lowest BCUT2D eigenvalue weighted by Crippen LogP contribution is -2.28. The van der Waals surface area contributed by atoms with Gasteiger partial charge in [-0.1, -0.05) is 51.9 Å². The van der Waals surface area contributed by atoms with Gasteiger partial charge in [0.1, 0.15) is 0 Å². The minimum atomic E-state index is -0.566. The van der Waals surface area contributed by atoms with Gasteiger partial charge in [0.25, 0.3) is 0 Å². The van der Waals surface area contributed by atoms with Crippen molar-refractivity contribution < 1.29 is 9.90 Å². The third-order valence-electron chi connectivity index (χ3n) is 6.15. The Hall–Kier alpha value is -0.530. The number of hydrogen-bond donors (Lipinski definition) is 1. The topological polar surface area (TPSA) is 37.3 Å². The van der Waals surface area contributed by atoms with Crippen LogP contribution in [0.5, 0.6) is 0 Å². The van der Waals surface area contributed by atoms with Crippen LogP contribution < -0.4 is 0 Å². The van der Waals surface area contributed by atoms with Gasteiger partial charge < -0.3 is 5.11 Å². The van der Waals surface area contributed by atoms with Crippen LogP contribution >= 0.6 is 0 Å². The van der Waals surface area contributed by atoms with Gasteiger partial charge in [0.05, 0.1) is 5.92 Å². The van der Waals surface area contributed by atoms with Gasteiger partial charge >= 0.3 is 5.97 Å². The number of rotatable bonds is 7. The van der Waals surface area contributed by atoms with Crippen LogP contribution in [0, 0.1) is 23.7 Å². The Morgan fingerprint density at radius 1 is 0.857 bits per heavy atom. The Balaban J connectivity index is 1.62. The van der Waals surface area contributed by atoms with Crippen LogP contribution in [-0.2, 0) is 4.79 Å². The largest absolute Gasteiger partial charge is 0.481 e. The van der Waals surface area contributed by atoms with Gasteiger partial charge in [-0.25, -0.2) is 0 Å². The summed E-state index contributed by atoms with van der Waals surface area (Å²) in [5.74, 6) is 2.13. The molecule has 2 fully saturated rings. The summed E-state index contributed by atoms with van der Waals surface area (Å²) in [6, 6.07) is 0. The highest BCUT2D eigenvalue weighted by atomic mass is 16.4. The minimum absolute atomic E-state index is 0.0452. The van der Waals surface area contributed by atoms with Crippen molar-refractivity contribution in [3.63, 3.8) is 0 Å². The van der Waals surface area contributed by atoms with Crippen molar-refractivity contribution in [2.45, 2.75) is 90.4 Å². The third-order valence-corrected chi connectivity index (χ3v) is 6.15. The molecule has 0 spiro atoms. The van der Waals surface area contributed by atoms with Crippen molar-refractivity contribution >= 4 is 5.97 Å². The molecule has 0 saturated heterocycles. The molecule has 21 heavy (non-hydrogen) atoms. The fourth-order valence-electron chi connectivity index (χ4n) is 4.65. The lowest BCUT2D eigenvalue weighted by Gasteiger charge is -2.37. The molecular weight excluding hydrogens is 260 g/mol. The van der Waals surface area contributed by atoms with E-state index < -0.39 is 5.97 Å². The predicted octanol–water partition coefficient (Wildman–Crippen LogP) is 5.65. The SMILES string of the molecule is CCCCCC[C@H]1CC[C@H]([C@H]2CC[C@H](C(=O)O)CC2)CC1. The maximum absolute atomic E-state index is 11.0. The van der Waals surface area contributed by atoms with E-state index in [4.69, 9.17) is 5.11 Å². The molecule has 2 aliphatic carbocycles. The quantitative estimate of drug-likeness (QED) is 0.616. The van der Waals surface area contributed by atoms with Crippen LogP contribution in [0.4, 0.5) is 0 Å². The summed E-state index contributed by atoms with van der Waals surface area (Å²) in [4.78, 5) is 11.0. The Bertz CT molecular complexity index is 297. The molecule has 0 atom stereocenters. The molecule has 0 unspecified atom stereocenters. The first-order chi connectivity index (χ1) is 10.2. The van der Waals surface area contributed by atoms with E-state index in [2.05, 4.69) is 6.92 Å². The second-order valence-corrected chi connectivity index (χ2v) is 7.58. The van der Waals surface area contributed by atoms with E-state index in [-0.39, 0.29) is 5.92 Å². The third kappa shape index (κ3) is 5.30. The Kier molecular flexibility index (Phi) is 7.06. The van der Waals surface area contributed by atoms with Gasteiger partial charge in [0.15, 0.2) is 0 Å². The molecule has 0 aliphatic heterocycles. The van der Waals surface area contributed by atoms with Crippen LogP contribution in [0.2, 0.25) is 0 Å². The zero-order valence-corrected chi connectivity index (χ0v) is 13.9. The maximum Gasteiger partial charge on any atom is 0.306 e. The maximum atomic E-state index is 11.0. The Morgan fingerprint density at radius 3 is 1.95 bits per heavy atom. The van der Waals surface area contributed by atoms with Gasteiger partial charge in [0, 0.05) is 0 Å². The average molecular weight is 294 g/mol. The van der Waals surface area contributed by atoms with Crippen molar-refractivity contribution in [1.29, 1.82) is 0 Å². The van der Waals surface area contributed by atoms with E-state index in [9.17, 15) is 4.79 Å². The summed E-state index contributed by atoms with van der Waals surface area (Å²) in [6.45, 7) is 2.28. The van der Waals surface area contributed by atoms with E-state index in [1.807, 2.05) is 0 Å². The molecule has 1 N–H and O–H groups in total. The van der Waals surface area contributed by atoms with Gasteiger partial charge in [-0.2, -0.15) is 0 Å². The molecule has 0 aromatic rings. The van der Waals surface area contributed by atoms with Gasteiger partial charge in [-0.3, -0.25) is 4.79 Å². The van der Waals surface area contributed by atoms with E-state index in [0.29, 0.717) is 0 Å². The van der Waals surface area contributed by atoms with Crippen molar-refractivity contribution in [3.05, 3.63) is 0 Å². The predicted molar refractivity (Wildman–Crippen MR) is 87.3 cm³/mol. The van der Waals surface area contributed by atoms with Crippen LogP contribution in [0.1, 0.15) is 90.4 Å². The second kappa shape index (κ2) is 8.80. The Labute approximate surface area is 130 Å². The number of carboxylic acid groups (broad SMARTS) is 1. The van der Waals surface area contributed by atoms with E-state index in [0.717, 1.165) is 30.6 Å². The second-order valence-electron chi connectivity index (χ2n) is 7.58. The van der Waals surface area contributed by atoms with Gasteiger partial charge in [0.2, 0.25) is 0 Å². The van der Waals surface area contributed by atoms with E-state index in [1.54, 1.807) is 0 Å². The fraction of sp³-hybridized carbons (Fsp3) is 0.947. The molecule has 2 heteroatoms. The monoisotopic (exact) mass is 294 g/mol. The minimum Gasteiger partial charge on any atom is -0.481 e. The first kappa shape index (κ1) is 16.8. The number of unbranched alkanes of at least 4 members (excludes halogenated alkanes) is 3. The first-order valence-electron chi connectivity index (χ1n) is 9.43. The number of hydrogen-bond acceptors (Lipinski definition) is 1. The van der Waals surface area contributed by atoms with Crippen LogP contribution in [0.25, 0.3) is 0 Å². The molecule has 2 rings (SSSR count). The lowest BCUT2D eigenvalue weighted by molar-refractivity contribution is -0.143. The summed E-state index contributed by atoms with van der Waals surface area (Å²) < 4.78 is 0. The molecule has 2 saturated carbocycles. The molecule has 0 amide bonds. The molecular formula is C19H34O2. The summed E-state index contributed by atoms with van der Waals surface area (Å²) >= 11 is 0. The zero-order valence-electron chi connectivity index (χ0n) is 13.9. The van der Waals surface area contributed by atoms with E-state index in [1.165, 1.54) is 70.6 Å². The molecule has 2 nitrogen and oxygen atoms in total. The van der Waals surface area contributed by atoms with E-state index >= 15 is 0 Å². The number of carboxylic acids is 1. The molecule has 0 heterocycles. The fourth-order valence-corrected chi connectivity index (χ4v) is 4.65. The van der Waals surface area contributed by atoms with Crippen LogP contribution in [0.3, 0.4) is 0 Å². The number of carbonyl (C=O) groups is 1. The zero-order chi connectivity index (χ0) is 15.1. The molecule has 0 aromatic carbocycles. The van der Waals surface area contributed by atoms with Crippen molar-refractivity contribution in [1.82, 2.24) is 0 Å². The number of aliphatic carboxylic acids is 1. The van der Waals surface area contributed by atoms with Gasteiger partial charge in [-0.05, 0) is 56.3 Å². The molecule has 0 bridgehead atoms. The highest BCUT2D eigenvalue weighted by molar-refractivity contribution is 5.69. The summed E-state index contributed by atoms with van der Waals surface area (Å²) in [5.41, 5.74) is 0. The standard InChI is InChI=1S/C19H34O2/c1-2-3-4-5-6-15-7-9-16(10-8-15)17-11-13-18(14-12-17)19(20)21/h15-18H,2-14H2,1H3,(H,20,21)/t15-,16-,17-,18-. The highest BCUT2D eigenvalue weighted by Crippen LogP contribution is 2.42. The smallest absolute Gasteiger partial charge is 0.306 e. The highest BCUT2D eigenvalue weighted by Gasteiger charge is 2.32. The normalized spacial score (nSPS) is 33.8. The first-order valence-corrected chi connectivity index (χ1v) is 9.43. The van der Waals surface area contributed by atoms with Gasteiger partial charge in [-0.15, -0.1) is 0 Å². The Morgan fingerprint density at radius 2 is 1.43 bits per heavy atom. The summed E-state index contributed by atoms with van der Waals surface area (Å²) in [6.07, 6.45) is 17.0. The van der Waals surface area contributed by atoms with Crippen LogP contribution in [0.15, 0.2) is 0 Å². The molecule has 0 aromatic heterocycles. The molecule has 2 aliphatic rings. The van der Waals surface area contributed by atoms with Crippen LogP contribution in [-0.4, -0.2) is 11.1 Å². The van der Waals surface area contributed by atoms with Crippen molar-refractivity contribution in [2.24, 2.45) is 23.7 Å². The van der Waals surface area contributed by atoms with Crippen molar-refractivity contribution in [3.8, 4) is 0 Å². The molecule has 0 radical (unpaired) electrons. The molecule has 122 valence electrons.